The van der Waals surface area contributed by atoms with Crippen LogP contribution >= 0.6 is 11.6 Å². The number of rotatable bonds is 3. The average molecular weight is 429 g/mol. The number of hydrogen-bond donors (Lipinski definition) is 3. The number of ether oxygens (including phenoxy) is 1. The molecule has 0 aliphatic heterocycles. The first-order chi connectivity index (χ1) is 14.2. The first-order valence-corrected chi connectivity index (χ1v) is 9.25. The second-order valence-electron chi connectivity index (χ2n) is 7.40. The van der Waals surface area contributed by atoms with Crippen LogP contribution in [-0.4, -0.2) is 42.1 Å². The molecule has 0 aliphatic carbocycles. The summed E-state index contributed by atoms with van der Waals surface area (Å²) in [6.45, 7) is 5.21. The van der Waals surface area contributed by atoms with Gasteiger partial charge in [-0.25, -0.2) is 19.4 Å². The van der Waals surface area contributed by atoms with Crippen LogP contribution in [0.4, 0.5) is 10.6 Å². The smallest absolute Gasteiger partial charge is 0.413 e. The highest BCUT2D eigenvalue weighted by atomic mass is 35.5. The van der Waals surface area contributed by atoms with Crippen molar-refractivity contribution in [2.45, 2.75) is 26.4 Å². The molecule has 0 radical (unpaired) electrons. The third-order valence-corrected chi connectivity index (χ3v) is 4.17. The van der Waals surface area contributed by atoms with Gasteiger partial charge in [-0.2, -0.15) is 0 Å². The van der Waals surface area contributed by atoms with Crippen molar-refractivity contribution in [2.24, 2.45) is 0 Å². The number of aromatic nitrogens is 5. The van der Waals surface area contributed by atoms with Crippen LogP contribution in [0.25, 0.3) is 33.8 Å². The number of aromatic hydroxyl groups is 1. The van der Waals surface area contributed by atoms with E-state index in [1.54, 1.807) is 39.0 Å². The predicted molar refractivity (Wildman–Crippen MR) is 109 cm³/mol. The minimum Gasteiger partial charge on any atom is -0.504 e. The first kappa shape index (κ1) is 19.6. The van der Waals surface area contributed by atoms with Crippen molar-refractivity contribution in [2.75, 3.05) is 5.32 Å². The first-order valence-electron chi connectivity index (χ1n) is 8.88. The summed E-state index contributed by atoms with van der Waals surface area (Å²) in [4.78, 5) is 23.8. The topological polar surface area (TPSA) is 139 Å². The summed E-state index contributed by atoms with van der Waals surface area (Å²) in [5.41, 5.74) is 1.39. The van der Waals surface area contributed by atoms with Gasteiger partial charge in [-0.3, -0.25) is 5.32 Å². The number of benzene rings is 1. The zero-order valence-electron chi connectivity index (χ0n) is 16.2. The summed E-state index contributed by atoms with van der Waals surface area (Å²) in [5, 5.41) is 20.8. The number of halogens is 1. The maximum Gasteiger partial charge on any atom is 0.413 e. The van der Waals surface area contributed by atoms with E-state index in [4.69, 9.17) is 21.0 Å². The molecule has 30 heavy (non-hydrogen) atoms. The average Bonchev–Trinajstić information content (AvgIpc) is 3.27. The minimum absolute atomic E-state index is 0.0139. The molecule has 4 rings (SSSR count). The Morgan fingerprint density at radius 2 is 2.07 bits per heavy atom. The fourth-order valence-corrected chi connectivity index (χ4v) is 2.96. The second kappa shape index (κ2) is 7.30. The molecule has 1 amide bonds. The number of nitrogens with zero attached hydrogens (tertiary/aromatic N) is 4. The zero-order valence-corrected chi connectivity index (χ0v) is 17.0. The summed E-state index contributed by atoms with van der Waals surface area (Å²) in [6, 6.07) is 7.10. The van der Waals surface area contributed by atoms with E-state index in [9.17, 15) is 9.90 Å². The van der Waals surface area contributed by atoms with E-state index in [1.165, 1.54) is 6.20 Å². The van der Waals surface area contributed by atoms with Crippen LogP contribution in [0.1, 0.15) is 20.8 Å². The number of amides is 1. The van der Waals surface area contributed by atoms with Crippen LogP contribution in [0.15, 0.2) is 35.1 Å². The van der Waals surface area contributed by atoms with Crippen LogP contribution in [0.2, 0.25) is 5.02 Å². The highest BCUT2D eigenvalue weighted by molar-refractivity contribution is 6.30. The normalized spacial score (nSPS) is 11.6. The van der Waals surface area contributed by atoms with Crippen LogP contribution in [-0.2, 0) is 4.74 Å². The van der Waals surface area contributed by atoms with Crippen molar-refractivity contribution in [3.8, 4) is 28.5 Å². The number of hydrogen-bond acceptors (Lipinski definition) is 8. The second-order valence-corrected chi connectivity index (χ2v) is 7.84. The lowest BCUT2D eigenvalue weighted by atomic mass is 10.1. The monoisotopic (exact) mass is 428 g/mol. The molecule has 0 aliphatic rings. The number of H-pyrrole nitrogens is 1. The van der Waals surface area contributed by atoms with E-state index in [-0.39, 0.29) is 23.1 Å². The van der Waals surface area contributed by atoms with Crippen molar-refractivity contribution in [1.82, 2.24) is 25.3 Å². The molecule has 11 heteroatoms. The lowest BCUT2D eigenvalue weighted by molar-refractivity contribution is 0.0634. The van der Waals surface area contributed by atoms with Gasteiger partial charge >= 0.3 is 6.09 Å². The fourth-order valence-electron chi connectivity index (χ4n) is 2.77. The molecular weight excluding hydrogens is 412 g/mol. The Bertz CT molecular complexity index is 1240. The fraction of sp³-hybridized carbons (Fsp3) is 0.211. The van der Waals surface area contributed by atoms with Gasteiger partial charge in [-0.1, -0.05) is 23.7 Å². The summed E-state index contributed by atoms with van der Waals surface area (Å²) in [5.74, 6) is 0.122. The highest BCUT2D eigenvalue weighted by Crippen LogP contribution is 2.34. The Kier molecular flexibility index (Phi) is 4.78. The minimum atomic E-state index is -0.723. The molecule has 0 fully saturated rings. The maximum atomic E-state index is 12.1. The van der Waals surface area contributed by atoms with Gasteiger partial charge in [0.25, 0.3) is 0 Å². The Morgan fingerprint density at radius 1 is 1.27 bits per heavy atom. The van der Waals surface area contributed by atoms with Crippen LogP contribution in [0, 0.1) is 0 Å². The Morgan fingerprint density at radius 3 is 2.80 bits per heavy atom. The highest BCUT2D eigenvalue weighted by Gasteiger charge is 2.23. The number of aromatic amines is 1. The van der Waals surface area contributed by atoms with Gasteiger partial charge in [0, 0.05) is 10.6 Å². The molecule has 0 atom stereocenters. The van der Waals surface area contributed by atoms with E-state index < -0.39 is 11.7 Å². The molecule has 4 aromatic rings. The van der Waals surface area contributed by atoms with E-state index in [0.717, 1.165) is 5.56 Å². The van der Waals surface area contributed by atoms with Crippen LogP contribution < -0.4 is 5.32 Å². The zero-order chi connectivity index (χ0) is 21.5. The summed E-state index contributed by atoms with van der Waals surface area (Å²) < 4.78 is 9.98. The molecule has 0 unspecified atom stereocenters. The van der Waals surface area contributed by atoms with Crippen molar-refractivity contribution in [3.63, 3.8) is 0 Å². The lowest BCUT2D eigenvalue weighted by Crippen LogP contribution is -2.27. The number of anilines is 1. The third-order valence-electron chi connectivity index (χ3n) is 3.93. The van der Waals surface area contributed by atoms with Gasteiger partial charge in [-0.15, -0.1) is 0 Å². The number of pyridine rings is 1. The van der Waals surface area contributed by atoms with Gasteiger partial charge in [0.05, 0.1) is 11.9 Å². The standard InChI is InChI=1S/C19H17ClN6O4/c1-19(2,3)29-18(28)24-17-15(25-30-26-17)16-22-13-11(27)8-21-12(14(13)23-16)9-5-4-6-10(20)7-9/h4-8,27H,1-3H3,(H,22,23)(H,24,26,28). The number of nitrogens with one attached hydrogen (secondary N) is 2. The molecule has 0 saturated heterocycles. The Labute approximate surface area is 175 Å². The SMILES string of the molecule is CC(C)(C)OC(=O)Nc1nonc1-c1nc2c(-c3cccc(Cl)c3)ncc(O)c2[nH]1. The molecule has 0 saturated carbocycles. The number of imidazole rings is 1. The number of carbonyl (C=O) groups is 1. The molecule has 1 aromatic carbocycles. The van der Waals surface area contributed by atoms with Crippen molar-refractivity contribution in [3.05, 3.63) is 35.5 Å². The Balaban J connectivity index is 1.75. The van der Waals surface area contributed by atoms with Crippen LogP contribution in [0.5, 0.6) is 5.75 Å². The summed E-state index contributed by atoms with van der Waals surface area (Å²) in [7, 11) is 0. The van der Waals surface area contributed by atoms with Crippen LogP contribution in [0.3, 0.4) is 0 Å². The van der Waals surface area contributed by atoms with Crippen molar-refractivity contribution >= 4 is 34.5 Å². The molecule has 3 heterocycles. The van der Waals surface area contributed by atoms with E-state index >= 15 is 0 Å². The largest absolute Gasteiger partial charge is 0.504 e. The van der Waals surface area contributed by atoms with Gasteiger partial charge in [0.2, 0.25) is 5.82 Å². The predicted octanol–water partition coefficient (Wildman–Crippen LogP) is 4.38. The van der Waals surface area contributed by atoms with Gasteiger partial charge in [-0.05, 0) is 43.2 Å². The number of fused-ring (bicyclic) bond motifs is 1. The maximum absolute atomic E-state index is 12.1. The summed E-state index contributed by atoms with van der Waals surface area (Å²) in [6.07, 6.45) is 0.584. The van der Waals surface area contributed by atoms with Crippen molar-refractivity contribution in [1.29, 1.82) is 0 Å². The Hall–Kier alpha value is -3.66. The van der Waals surface area contributed by atoms with Gasteiger partial charge < -0.3 is 14.8 Å². The van der Waals surface area contributed by atoms with E-state index in [1.807, 2.05) is 6.07 Å². The molecular formula is C19H17ClN6O4. The van der Waals surface area contributed by atoms with E-state index in [2.05, 4.69) is 30.6 Å². The van der Waals surface area contributed by atoms with Gasteiger partial charge in [0.1, 0.15) is 16.6 Å². The van der Waals surface area contributed by atoms with Crippen molar-refractivity contribution < 1.29 is 19.3 Å². The summed E-state index contributed by atoms with van der Waals surface area (Å²) >= 11 is 6.09. The molecule has 0 bridgehead atoms. The number of carbonyl (C=O) groups excluding carboxylic acids is 1. The molecule has 154 valence electrons. The molecule has 10 nitrogen and oxygen atoms in total. The van der Waals surface area contributed by atoms with Gasteiger partial charge in [0.15, 0.2) is 17.3 Å². The molecule has 0 spiro atoms. The third kappa shape index (κ3) is 3.90. The quantitative estimate of drug-likeness (QED) is 0.436. The molecule has 3 aromatic heterocycles. The lowest BCUT2D eigenvalue weighted by Gasteiger charge is -2.18. The molecule has 3 N–H and O–H groups in total. The van der Waals surface area contributed by atoms with E-state index in [0.29, 0.717) is 21.7 Å².